The van der Waals surface area contributed by atoms with Crippen molar-refractivity contribution < 1.29 is 4.39 Å². The van der Waals surface area contributed by atoms with Crippen LogP contribution in [0.2, 0.25) is 0 Å². The van der Waals surface area contributed by atoms with E-state index in [9.17, 15) is 4.39 Å². The van der Waals surface area contributed by atoms with Crippen molar-refractivity contribution in [3.8, 4) is 0 Å². The number of aryl methyl sites for hydroxylation is 1. The molecule has 1 atom stereocenters. The molecule has 0 aliphatic carbocycles. The molecule has 0 spiro atoms. The molecule has 0 amide bonds. The van der Waals surface area contributed by atoms with Crippen LogP contribution >= 0.6 is 15.9 Å². The molecule has 1 aromatic heterocycles. The van der Waals surface area contributed by atoms with Gasteiger partial charge in [0.05, 0.1) is 11.7 Å². The van der Waals surface area contributed by atoms with E-state index >= 15 is 0 Å². The number of rotatable bonds is 5. The minimum Gasteiger partial charge on any atom is -0.309 e. The predicted molar refractivity (Wildman–Crippen MR) is 83.2 cm³/mol. The summed E-state index contributed by atoms with van der Waals surface area (Å²) in [5.74, 6) is -0.187. The van der Waals surface area contributed by atoms with Crippen LogP contribution < -0.4 is 5.32 Å². The van der Waals surface area contributed by atoms with Crippen molar-refractivity contribution in [3.63, 3.8) is 0 Å². The largest absolute Gasteiger partial charge is 0.309 e. The van der Waals surface area contributed by atoms with Gasteiger partial charge in [-0.05, 0) is 71.2 Å². The molecule has 106 valence electrons. The number of pyridine rings is 1. The van der Waals surface area contributed by atoms with E-state index in [0.29, 0.717) is 0 Å². The number of hydrogen-bond acceptors (Lipinski definition) is 2. The zero-order valence-electron chi connectivity index (χ0n) is 11.7. The summed E-state index contributed by atoms with van der Waals surface area (Å²) in [6.45, 7) is 4.88. The minimum atomic E-state index is -0.187. The van der Waals surface area contributed by atoms with Crippen LogP contribution in [0, 0.1) is 12.7 Å². The molecule has 2 rings (SSSR count). The number of likely N-dealkylation sites (N-methyl/N-ethyl adjacent to an activating group) is 1. The minimum absolute atomic E-state index is 0.136. The first kappa shape index (κ1) is 15.1. The molecule has 2 nitrogen and oxygen atoms in total. The molecular weight excluding hydrogens is 319 g/mol. The van der Waals surface area contributed by atoms with Crippen molar-refractivity contribution in [1.29, 1.82) is 0 Å². The lowest BCUT2D eigenvalue weighted by Gasteiger charge is -2.18. The number of aromatic nitrogens is 1. The Morgan fingerprint density at radius 1 is 1.30 bits per heavy atom. The second-order valence-corrected chi connectivity index (χ2v) is 5.70. The first-order valence-corrected chi connectivity index (χ1v) is 7.49. The summed E-state index contributed by atoms with van der Waals surface area (Å²) in [7, 11) is 0. The lowest BCUT2D eigenvalue weighted by atomic mass is 9.98. The van der Waals surface area contributed by atoms with Gasteiger partial charge in [-0.3, -0.25) is 4.98 Å². The van der Waals surface area contributed by atoms with Crippen LogP contribution in [0.1, 0.15) is 29.8 Å². The van der Waals surface area contributed by atoms with Gasteiger partial charge in [-0.15, -0.1) is 0 Å². The van der Waals surface area contributed by atoms with E-state index < -0.39 is 0 Å². The SMILES string of the molecule is CCNC(Cc1ccc(F)cc1C)c1ccc(Br)cn1. The van der Waals surface area contributed by atoms with Crippen LogP contribution in [0.15, 0.2) is 41.0 Å². The summed E-state index contributed by atoms with van der Waals surface area (Å²) in [6, 6.07) is 9.08. The first-order chi connectivity index (χ1) is 9.60. The van der Waals surface area contributed by atoms with Crippen LogP contribution in [0.4, 0.5) is 4.39 Å². The predicted octanol–water partition coefficient (Wildman–Crippen LogP) is 4.18. The van der Waals surface area contributed by atoms with Gasteiger partial charge in [0.15, 0.2) is 0 Å². The lowest BCUT2D eigenvalue weighted by Crippen LogP contribution is -2.24. The highest BCUT2D eigenvalue weighted by Crippen LogP contribution is 2.21. The molecule has 2 aromatic rings. The van der Waals surface area contributed by atoms with Crippen molar-refractivity contribution >= 4 is 15.9 Å². The molecule has 4 heteroatoms. The monoisotopic (exact) mass is 336 g/mol. The summed E-state index contributed by atoms with van der Waals surface area (Å²) in [4.78, 5) is 4.46. The molecule has 0 aliphatic heterocycles. The number of nitrogens with one attached hydrogen (secondary N) is 1. The van der Waals surface area contributed by atoms with Crippen molar-refractivity contribution in [2.24, 2.45) is 0 Å². The Bertz CT molecular complexity index is 569. The highest BCUT2D eigenvalue weighted by Gasteiger charge is 2.14. The Morgan fingerprint density at radius 2 is 2.10 bits per heavy atom. The molecule has 20 heavy (non-hydrogen) atoms. The molecule has 1 N–H and O–H groups in total. The van der Waals surface area contributed by atoms with Crippen molar-refractivity contribution in [2.75, 3.05) is 6.54 Å². The topological polar surface area (TPSA) is 24.9 Å². The number of benzene rings is 1. The van der Waals surface area contributed by atoms with Crippen molar-refractivity contribution in [3.05, 3.63) is 63.6 Å². The molecule has 1 heterocycles. The van der Waals surface area contributed by atoms with Crippen molar-refractivity contribution in [2.45, 2.75) is 26.3 Å². The molecule has 0 aliphatic rings. The molecule has 0 saturated carbocycles. The van der Waals surface area contributed by atoms with Gasteiger partial charge < -0.3 is 5.32 Å². The van der Waals surface area contributed by atoms with E-state index in [1.165, 1.54) is 6.07 Å². The summed E-state index contributed by atoms with van der Waals surface area (Å²) < 4.78 is 14.1. The van der Waals surface area contributed by atoms with Crippen LogP contribution in [-0.2, 0) is 6.42 Å². The van der Waals surface area contributed by atoms with Gasteiger partial charge in [-0.2, -0.15) is 0 Å². The van der Waals surface area contributed by atoms with Gasteiger partial charge in [-0.25, -0.2) is 4.39 Å². The van der Waals surface area contributed by atoms with Gasteiger partial charge in [0, 0.05) is 10.7 Å². The van der Waals surface area contributed by atoms with E-state index in [1.54, 1.807) is 12.3 Å². The van der Waals surface area contributed by atoms with E-state index in [4.69, 9.17) is 0 Å². The molecular formula is C16H18BrFN2. The van der Waals surface area contributed by atoms with Crippen molar-refractivity contribution in [1.82, 2.24) is 10.3 Å². The standard InChI is InChI=1S/C16H18BrFN2/c1-3-19-16(15-7-5-13(17)10-20-15)9-12-4-6-14(18)8-11(12)2/h4-8,10,16,19H,3,9H2,1-2H3. The van der Waals surface area contributed by atoms with Crippen LogP contribution in [0.25, 0.3) is 0 Å². The van der Waals surface area contributed by atoms with E-state index in [2.05, 4.69) is 33.2 Å². The van der Waals surface area contributed by atoms with Gasteiger partial charge in [-0.1, -0.05) is 13.0 Å². The third-order valence-corrected chi connectivity index (χ3v) is 3.76. The average Bonchev–Trinajstić information content (AvgIpc) is 2.42. The third kappa shape index (κ3) is 3.87. The number of nitrogens with zero attached hydrogens (tertiary/aromatic N) is 1. The fraction of sp³-hybridized carbons (Fsp3) is 0.312. The molecule has 0 fully saturated rings. The lowest BCUT2D eigenvalue weighted by molar-refractivity contribution is 0.534. The maximum Gasteiger partial charge on any atom is 0.123 e. The molecule has 0 radical (unpaired) electrons. The summed E-state index contributed by atoms with van der Waals surface area (Å²) in [5, 5.41) is 3.44. The van der Waals surface area contributed by atoms with Gasteiger partial charge >= 0.3 is 0 Å². The Kier molecular flexibility index (Phi) is 5.26. The summed E-state index contributed by atoms with van der Waals surface area (Å²) in [5.41, 5.74) is 3.12. The van der Waals surface area contributed by atoms with Gasteiger partial charge in [0.2, 0.25) is 0 Å². The maximum absolute atomic E-state index is 13.2. The van der Waals surface area contributed by atoms with Crippen LogP contribution in [0.5, 0.6) is 0 Å². The Hall–Kier alpha value is -1.26. The molecule has 1 aromatic carbocycles. The average molecular weight is 337 g/mol. The molecule has 1 unspecified atom stereocenters. The Balaban J connectivity index is 2.22. The zero-order valence-corrected chi connectivity index (χ0v) is 13.2. The highest BCUT2D eigenvalue weighted by molar-refractivity contribution is 9.10. The maximum atomic E-state index is 13.2. The third-order valence-electron chi connectivity index (χ3n) is 3.29. The summed E-state index contributed by atoms with van der Waals surface area (Å²) >= 11 is 3.40. The highest BCUT2D eigenvalue weighted by atomic mass is 79.9. The van der Waals surface area contributed by atoms with Gasteiger partial charge in [0.25, 0.3) is 0 Å². The Labute approximate surface area is 127 Å². The Morgan fingerprint density at radius 3 is 2.70 bits per heavy atom. The number of halogens is 2. The van der Waals surface area contributed by atoms with E-state index in [-0.39, 0.29) is 11.9 Å². The van der Waals surface area contributed by atoms with E-state index in [1.807, 2.05) is 25.1 Å². The van der Waals surface area contributed by atoms with Crippen LogP contribution in [0.3, 0.4) is 0 Å². The van der Waals surface area contributed by atoms with E-state index in [0.717, 1.165) is 34.3 Å². The second kappa shape index (κ2) is 6.95. The summed E-state index contributed by atoms with van der Waals surface area (Å²) in [6.07, 6.45) is 2.60. The quantitative estimate of drug-likeness (QED) is 0.885. The number of hydrogen-bond donors (Lipinski definition) is 1. The second-order valence-electron chi connectivity index (χ2n) is 4.79. The van der Waals surface area contributed by atoms with Gasteiger partial charge in [0.1, 0.15) is 5.82 Å². The smallest absolute Gasteiger partial charge is 0.123 e. The first-order valence-electron chi connectivity index (χ1n) is 6.70. The zero-order chi connectivity index (χ0) is 14.5. The molecule has 0 saturated heterocycles. The fourth-order valence-electron chi connectivity index (χ4n) is 2.23. The normalized spacial score (nSPS) is 12.4. The fourth-order valence-corrected chi connectivity index (χ4v) is 2.46. The molecule has 0 bridgehead atoms. The van der Waals surface area contributed by atoms with Crippen LogP contribution in [-0.4, -0.2) is 11.5 Å².